The van der Waals surface area contributed by atoms with Gasteiger partial charge in [-0.15, -0.1) is 0 Å². The zero-order chi connectivity index (χ0) is 41.9. The summed E-state index contributed by atoms with van der Waals surface area (Å²) in [7, 11) is 0. The largest absolute Gasteiger partial charge is 0.394 e. The van der Waals surface area contributed by atoms with Crippen molar-refractivity contribution in [2.45, 2.75) is 223 Å². The van der Waals surface area contributed by atoms with E-state index in [-0.39, 0.29) is 12.8 Å². The highest BCUT2D eigenvalue weighted by Crippen LogP contribution is 2.23. The second-order valence-corrected chi connectivity index (χ2v) is 15.7. The Morgan fingerprint density at radius 3 is 1.60 bits per heavy atom. The summed E-state index contributed by atoms with van der Waals surface area (Å²) in [5.41, 5.74) is 0. The van der Waals surface area contributed by atoms with Crippen molar-refractivity contribution in [2.75, 3.05) is 13.2 Å². The number of ether oxygens (including phenoxy) is 2. The lowest BCUT2D eigenvalue weighted by Gasteiger charge is -2.40. The van der Waals surface area contributed by atoms with E-state index in [9.17, 15) is 40.5 Å². The van der Waals surface area contributed by atoms with Crippen LogP contribution in [0.4, 0.5) is 0 Å². The van der Waals surface area contributed by atoms with E-state index in [0.717, 1.165) is 77.0 Å². The molecule has 11 heteroatoms. The molecule has 0 saturated carbocycles. The summed E-state index contributed by atoms with van der Waals surface area (Å²) in [6.07, 6.45) is 30.1. The molecule has 1 heterocycles. The number of hydrogen-bond donors (Lipinski definition) is 8. The van der Waals surface area contributed by atoms with Crippen molar-refractivity contribution in [3.05, 3.63) is 48.6 Å². The molecule has 1 aliphatic rings. The first-order chi connectivity index (χ1) is 27.7. The molecule has 57 heavy (non-hydrogen) atoms. The standard InChI is InChI=1S/C46H83NO10/c1-3-5-7-9-11-13-15-17-19-20-22-23-25-27-29-31-33-38(49)41(51)37(36-56-46-44(54)43(53)42(52)40(35-48)57-46)47-45(55)39(50)34-32-30-28-26-24-21-18-16-14-12-10-8-6-4-2/h11,13-14,16,19-20,25,27,37-44,46,48-54H,3-10,12,15,17-18,21-24,26,28-36H2,1-2H3,(H,47,55)/b13-11+,16-14-,20-19+,27-25+. The number of nitrogens with one attached hydrogen (secondary N) is 1. The summed E-state index contributed by atoms with van der Waals surface area (Å²) in [5, 5.41) is 75.5. The molecule has 9 unspecified atom stereocenters. The number of aliphatic hydroxyl groups excluding tert-OH is 7. The Morgan fingerprint density at radius 2 is 1.05 bits per heavy atom. The molecule has 1 aliphatic heterocycles. The number of rotatable bonds is 36. The molecule has 0 aromatic rings. The van der Waals surface area contributed by atoms with Crippen LogP contribution in [0.2, 0.25) is 0 Å². The molecule has 1 saturated heterocycles. The minimum Gasteiger partial charge on any atom is -0.394 e. The zero-order valence-corrected chi connectivity index (χ0v) is 35.6. The SMILES string of the molecule is CCCCC/C=C/CC/C=C/CC/C=C/CCCC(O)C(O)C(COC1OC(CO)C(O)C(O)C1O)NC(=O)C(O)CCCCCCCC/C=C\CCCCCC. The quantitative estimate of drug-likeness (QED) is 0.0242. The van der Waals surface area contributed by atoms with Crippen molar-refractivity contribution in [3.8, 4) is 0 Å². The van der Waals surface area contributed by atoms with E-state index in [1.54, 1.807) is 0 Å². The van der Waals surface area contributed by atoms with Gasteiger partial charge in [0.2, 0.25) is 5.91 Å². The fraction of sp³-hybridized carbons (Fsp3) is 0.804. The Hall–Kier alpha value is -1.93. The van der Waals surface area contributed by atoms with Crippen molar-refractivity contribution in [3.63, 3.8) is 0 Å². The highest BCUT2D eigenvalue weighted by Gasteiger charge is 2.44. The van der Waals surface area contributed by atoms with Gasteiger partial charge in [0, 0.05) is 0 Å². The van der Waals surface area contributed by atoms with Crippen LogP contribution in [-0.4, -0.2) is 110 Å². The summed E-state index contributed by atoms with van der Waals surface area (Å²) in [5.74, 6) is -0.721. The number of carbonyl (C=O) groups is 1. The topological polar surface area (TPSA) is 189 Å². The van der Waals surface area contributed by atoms with Crippen LogP contribution in [-0.2, 0) is 14.3 Å². The number of unbranched alkanes of at least 4 members (excludes halogenated alkanes) is 16. The third-order valence-corrected chi connectivity index (χ3v) is 10.6. The minimum absolute atomic E-state index is 0.238. The number of hydrogen-bond acceptors (Lipinski definition) is 10. The Morgan fingerprint density at radius 1 is 0.596 bits per heavy atom. The maximum Gasteiger partial charge on any atom is 0.249 e. The lowest BCUT2D eigenvalue weighted by Crippen LogP contribution is -2.60. The monoisotopic (exact) mass is 810 g/mol. The van der Waals surface area contributed by atoms with E-state index in [2.05, 4.69) is 67.8 Å². The van der Waals surface area contributed by atoms with Crippen LogP contribution < -0.4 is 5.32 Å². The summed E-state index contributed by atoms with van der Waals surface area (Å²) in [6, 6.07) is -1.20. The second-order valence-electron chi connectivity index (χ2n) is 15.7. The van der Waals surface area contributed by atoms with Gasteiger partial charge in [-0.05, 0) is 89.9 Å². The number of amides is 1. The molecular weight excluding hydrogens is 727 g/mol. The van der Waals surface area contributed by atoms with Gasteiger partial charge in [0.1, 0.15) is 36.6 Å². The van der Waals surface area contributed by atoms with Crippen molar-refractivity contribution in [1.82, 2.24) is 5.32 Å². The predicted octanol–water partition coefficient (Wildman–Crippen LogP) is 7.00. The molecule has 9 atom stereocenters. The van der Waals surface area contributed by atoms with Crippen molar-refractivity contribution < 1.29 is 50.0 Å². The number of allylic oxidation sites excluding steroid dienone is 8. The van der Waals surface area contributed by atoms with Crippen LogP contribution in [0.25, 0.3) is 0 Å². The van der Waals surface area contributed by atoms with E-state index in [4.69, 9.17) is 9.47 Å². The Labute approximate surface area is 345 Å². The molecule has 0 aliphatic carbocycles. The molecule has 0 spiro atoms. The lowest BCUT2D eigenvalue weighted by molar-refractivity contribution is -0.303. The van der Waals surface area contributed by atoms with Gasteiger partial charge >= 0.3 is 0 Å². The Kier molecular flexibility index (Phi) is 33.5. The fourth-order valence-electron chi connectivity index (χ4n) is 6.76. The zero-order valence-electron chi connectivity index (χ0n) is 35.6. The molecule has 332 valence electrons. The average molecular weight is 810 g/mol. The van der Waals surface area contributed by atoms with Crippen molar-refractivity contribution in [2.24, 2.45) is 0 Å². The number of carbonyl (C=O) groups excluding carboxylic acids is 1. The van der Waals surface area contributed by atoms with Crippen molar-refractivity contribution in [1.29, 1.82) is 0 Å². The second kappa shape index (κ2) is 36.0. The molecule has 0 radical (unpaired) electrons. The van der Waals surface area contributed by atoms with Gasteiger partial charge in [-0.2, -0.15) is 0 Å². The Bertz CT molecular complexity index is 1070. The first-order valence-electron chi connectivity index (χ1n) is 22.5. The van der Waals surface area contributed by atoms with Crippen LogP contribution in [0.3, 0.4) is 0 Å². The van der Waals surface area contributed by atoms with Gasteiger partial charge in [-0.1, -0.05) is 127 Å². The molecule has 8 N–H and O–H groups in total. The molecule has 0 aromatic carbocycles. The number of aliphatic hydroxyl groups is 7. The fourth-order valence-corrected chi connectivity index (χ4v) is 6.76. The third kappa shape index (κ3) is 26.0. The summed E-state index contributed by atoms with van der Waals surface area (Å²) >= 11 is 0. The van der Waals surface area contributed by atoms with Crippen molar-refractivity contribution >= 4 is 5.91 Å². The van der Waals surface area contributed by atoms with Gasteiger partial charge < -0.3 is 50.5 Å². The highest BCUT2D eigenvalue weighted by molar-refractivity contribution is 5.80. The molecule has 1 fully saturated rings. The summed E-state index contributed by atoms with van der Waals surface area (Å²) in [4.78, 5) is 13.1. The first-order valence-corrected chi connectivity index (χ1v) is 22.5. The van der Waals surface area contributed by atoms with Gasteiger partial charge in [-0.25, -0.2) is 0 Å². The van der Waals surface area contributed by atoms with E-state index >= 15 is 0 Å². The van der Waals surface area contributed by atoms with E-state index in [1.165, 1.54) is 44.9 Å². The molecular formula is C46H83NO10. The van der Waals surface area contributed by atoms with Crippen LogP contribution in [0.15, 0.2) is 48.6 Å². The van der Waals surface area contributed by atoms with Gasteiger partial charge in [0.15, 0.2) is 6.29 Å². The van der Waals surface area contributed by atoms with Gasteiger partial charge in [0.25, 0.3) is 0 Å². The van der Waals surface area contributed by atoms with E-state index < -0.39 is 74.2 Å². The molecule has 1 amide bonds. The Balaban J connectivity index is 2.53. The molecule has 11 nitrogen and oxygen atoms in total. The van der Waals surface area contributed by atoms with Crippen LogP contribution in [0.1, 0.15) is 168 Å². The molecule has 0 bridgehead atoms. The highest BCUT2D eigenvalue weighted by atomic mass is 16.7. The third-order valence-electron chi connectivity index (χ3n) is 10.6. The first kappa shape index (κ1) is 53.1. The summed E-state index contributed by atoms with van der Waals surface area (Å²) < 4.78 is 11.1. The van der Waals surface area contributed by atoms with Crippen LogP contribution in [0, 0.1) is 0 Å². The van der Waals surface area contributed by atoms with Crippen LogP contribution in [0.5, 0.6) is 0 Å². The maximum atomic E-state index is 13.1. The van der Waals surface area contributed by atoms with Gasteiger partial charge in [0.05, 0.1) is 25.4 Å². The normalized spacial score (nSPS) is 22.6. The summed E-state index contributed by atoms with van der Waals surface area (Å²) in [6.45, 7) is 3.35. The average Bonchev–Trinajstić information content (AvgIpc) is 3.21. The lowest BCUT2D eigenvalue weighted by atomic mass is 9.98. The minimum atomic E-state index is -1.67. The molecule has 1 rings (SSSR count). The van der Waals surface area contributed by atoms with Gasteiger partial charge in [-0.3, -0.25) is 4.79 Å². The van der Waals surface area contributed by atoms with Crippen LogP contribution >= 0.6 is 0 Å². The molecule has 0 aromatic heterocycles. The van der Waals surface area contributed by atoms with E-state index in [1.807, 2.05) is 0 Å². The maximum absolute atomic E-state index is 13.1. The van der Waals surface area contributed by atoms with E-state index in [0.29, 0.717) is 19.3 Å². The smallest absolute Gasteiger partial charge is 0.249 e. The predicted molar refractivity (Wildman–Crippen MR) is 228 cm³/mol.